The van der Waals surface area contributed by atoms with Gasteiger partial charge in [0.25, 0.3) is 0 Å². The molecule has 3 nitrogen and oxygen atoms in total. The summed E-state index contributed by atoms with van der Waals surface area (Å²) in [5.41, 5.74) is 0. The van der Waals surface area contributed by atoms with Gasteiger partial charge in [-0.15, -0.1) is 0 Å². The van der Waals surface area contributed by atoms with E-state index in [2.05, 4.69) is 35.9 Å². The van der Waals surface area contributed by atoms with E-state index in [4.69, 9.17) is 0 Å². The minimum Gasteiger partial charge on any atom is -0.331 e. The Kier molecular flexibility index (Phi) is 6.48. The van der Waals surface area contributed by atoms with E-state index in [0.717, 1.165) is 6.04 Å². The van der Waals surface area contributed by atoms with Crippen LogP contribution in [0.1, 0.15) is 32.6 Å². The van der Waals surface area contributed by atoms with Crippen molar-refractivity contribution in [3.8, 4) is 0 Å². The van der Waals surface area contributed by atoms with Gasteiger partial charge >= 0.3 is 0 Å². The topological polar surface area (TPSA) is 27.3 Å². The smallest absolute Gasteiger partial charge is 0.185 e. The Morgan fingerprint density at radius 3 is 2.27 bits per heavy atom. The highest BCUT2D eigenvalue weighted by Gasteiger charge is 2.21. The van der Waals surface area contributed by atoms with Crippen molar-refractivity contribution >= 4 is 9.12 Å². The molecule has 2 N–H and O–H groups in total. The van der Waals surface area contributed by atoms with Gasteiger partial charge in [-0.2, -0.15) is 0 Å². The largest absolute Gasteiger partial charge is 0.331 e. The zero-order valence-electron chi connectivity index (χ0n) is 10.6. The third-order valence-electron chi connectivity index (χ3n) is 3.65. The first-order valence-corrected chi connectivity index (χ1v) is 8.37. The van der Waals surface area contributed by atoms with E-state index in [1.807, 2.05) is 0 Å². The molecule has 15 heavy (non-hydrogen) atoms. The molecule has 0 amide bonds. The van der Waals surface area contributed by atoms with Crippen molar-refractivity contribution in [1.29, 1.82) is 0 Å². The molecule has 0 saturated heterocycles. The van der Waals surface area contributed by atoms with Gasteiger partial charge in [-0.05, 0) is 46.1 Å². The van der Waals surface area contributed by atoms with Gasteiger partial charge in [0, 0.05) is 6.04 Å². The summed E-state index contributed by atoms with van der Waals surface area (Å²) in [6.07, 6.45) is 5.75. The van der Waals surface area contributed by atoms with Crippen LogP contribution in [0.25, 0.3) is 0 Å². The second-order valence-electron chi connectivity index (χ2n) is 4.49. The molecular weight excluding hydrogens is 202 g/mol. The zero-order valence-corrected chi connectivity index (χ0v) is 11.7. The molecule has 1 aliphatic carbocycles. The van der Waals surface area contributed by atoms with E-state index < -0.39 is 9.12 Å². The molecule has 1 saturated carbocycles. The van der Waals surface area contributed by atoms with E-state index >= 15 is 0 Å². The summed E-state index contributed by atoms with van der Waals surface area (Å²) in [7, 11) is 3.32. The van der Waals surface area contributed by atoms with Crippen LogP contribution in [0.3, 0.4) is 0 Å². The Morgan fingerprint density at radius 2 is 1.80 bits per heavy atom. The first-order chi connectivity index (χ1) is 7.31. The lowest BCUT2D eigenvalue weighted by atomic mass is 10.2. The van der Waals surface area contributed by atoms with Crippen molar-refractivity contribution in [1.82, 2.24) is 14.9 Å². The Hall–Kier alpha value is 0.0969. The SMILES string of the molecule is CCN(CC[SiH](NC)NC)C1CCCC1. The van der Waals surface area contributed by atoms with Crippen LogP contribution >= 0.6 is 0 Å². The van der Waals surface area contributed by atoms with Gasteiger partial charge in [-0.1, -0.05) is 19.8 Å². The van der Waals surface area contributed by atoms with Crippen LogP contribution in [0.15, 0.2) is 0 Å². The molecule has 0 aliphatic heterocycles. The molecule has 0 spiro atoms. The molecular formula is C11H27N3Si. The molecule has 0 unspecified atom stereocenters. The number of hydrogen-bond donors (Lipinski definition) is 2. The molecule has 0 heterocycles. The third kappa shape index (κ3) is 4.22. The second kappa shape index (κ2) is 7.38. The standard InChI is InChI=1S/C11H27N3Si/c1-4-14(11-7-5-6-8-11)9-10-15(12-2)13-3/h11-13,15H,4-10H2,1-3H3. The lowest BCUT2D eigenvalue weighted by Gasteiger charge is -2.28. The van der Waals surface area contributed by atoms with Crippen molar-refractivity contribution in [3.63, 3.8) is 0 Å². The average Bonchev–Trinajstić information content (AvgIpc) is 2.78. The van der Waals surface area contributed by atoms with Crippen molar-refractivity contribution in [2.75, 3.05) is 27.2 Å². The molecule has 90 valence electrons. The first kappa shape index (κ1) is 13.2. The summed E-state index contributed by atoms with van der Waals surface area (Å²) in [5.74, 6) is 0. The van der Waals surface area contributed by atoms with Crippen LogP contribution in [0.2, 0.25) is 6.04 Å². The Labute approximate surface area is 96.4 Å². The molecule has 0 aromatic heterocycles. The summed E-state index contributed by atoms with van der Waals surface area (Å²) in [5, 5.41) is 0. The van der Waals surface area contributed by atoms with Gasteiger partial charge in [-0.25, -0.2) is 0 Å². The fourth-order valence-electron chi connectivity index (χ4n) is 2.60. The van der Waals surface area contributed by atoms with Gasteiger partial charge in [0.1, 0.15) is 0 Å². The highest BCUT2D eigenvalue weighted by atomic mass is 28.3. The van der Waals surface area contributed by atoms with Gasteiger partial charge in [0.2, 0.25) is 0 Å². The average molecular weight is 229 g/mol. The van der Waals surface area contributed by atoms with Crippen LogP contribution in [-0.2, 0) is 0 Å². The summed E-state index contributed by atoms with van der Waals surface area (Å²) >= 11 is 0. The quantitative estimate of drug-likeness (QED) is 0.636. The molecule has 1 fully saturated rings. The van der Waals surface area contributed by atoms with Gasteiger partial charge < -0.3 is 14.9 Å². The molecule has 1 rings (SSSR count). The molecule has 0 bridgehead atoms. The van der Waals surface area contributed by atoms with E-state index in [-0.39, 0.29) is 0 Å². The molecule has 4 heteroatoms. The number of nitrogens with one attached hydrogen (secondary N) is 2. The predicted octanol–water partition coefficient (Wildman–Crippen LogP) is 0.910. The van der Waals surface area contributed by atoms with E-state index in [0.29, 0.717) is 0 Å². The number of hydrogen-bond acceptors (Lipinski definition) is 3. The minimum atomic E-state index is -0.847. The van der Waals surface area contributed by atoms with Crippen LogP contribution in [0, 0.1) is 0 Å². The summed E-state index contributed by atoms with van der Waals surface area (Å²) in [6, 6.07) is 2.22. The highest BCUT2D eigenvalue weighted by Crippen LogP contribution is 2.23. The fraction of sp³-hybridized carbons (Fsp3) is 1.00. The molecule has 0 atom stereocenters. The second-order valence-corrected chi connectivity index (χ2v) is 7.32. The summed E-state index contributed by atoms with van der Waals surface area (Å²) in [6.45, 7) is 4.80. The van der Waals surface area contributed by atoms with Crippen LogP contribution in [0.5, 0.6) is 0 Å². The maximum Gasteiger partial charge on any atom is 0.185 e. The van der Waals surface area contributed by atoms with Crippen molar-refractivity contribution in [2.45, 2.75) is 44.7 Å². The van der Waals surface area contributed by atoms with Crippen LogP contribution in [0.4, 0.5) is 0 Å². The normalized spacial score (nSPS) is 18.2. The van der Waals surface area contributed by atoms with Gasteiger partial charge in [0.05, 0.1) is 0 Å². The highest BCUT2D eigenvalue weighted by molar-refractivity contribution is 6.53. The number of rotatable bonds is 7. The van der Waals surface area contributed by atoms with Gasteiger partial charge in [-0.3, -0.25) is 0 Å². The van der Waals surface area contributed by atoms with Crippen molar-refractivity contribution < 1.29 is 0 Å². The van der Waals surface area contributed by atoms with E-state index in [1.54, 1.807) is 0 Å². The Morgan fingerprint density at radius 1 is 1.20 bits per heavy atom. The summed E-state index contributed by atoms with van der Waals surface area (Å²) in [4.78, 5) is 9.53. The van der Waals surface area contributed by atoms with Crippen LogP contribution < -0.4 is 9.96 Å². The predicted molar refractivity (Wildman–Crippen MR) is 69.6 cm³/mol. The molecule has 0 aromatic rings. The molecule has 0 aromatic carbocycles. The Bertz CT molecular complexity index is 156. The fourth-order valence-corrected chi connectivity index (χ4v) is 4.05. The lowest BCUT2D eigenvalue weighted by molar-refractivity contribution is 0.219. The summed E-state index contributed by atoms with van der Waals surface area (Å²) < 4.78 is 0. The maximum atomic E-state index is 3.42. The van der Waals surface area contributed by atoms with E-state index in [9.17, 15) is 0 Å². The zero-order chi connectivity index (χ0) is 11.1. The minimum absolute atomic E-state index is 0.847. The maximum absolute atomic E-state index is 3.42. The Balaban J connectivity index is 2.26. The molecule has 1 aliphatic rings. The van der Waals surface area contributed by atoms with Gasteiger partial charge in [0.15, 0.2) is 9.12 Å². The lowest BCUT2D eigenvalue weighted by Crippen LogP contribution is -2.46. The number of nitrogens with zero attached hydrogens (tertiary/aromatic N) is 1. The van der Waals surface area contributed by atoms with Crippen molar-refractivity contribution in [3.05, 3.63) is 0 Å². The first-order valence-electron chi connectivity index (χ1n) is 6.40. The molecule has 0 radical (unpaired) electrons. The van der Waals surface area contributed by atoms with E-state index in [1.165, 1.54) is 44.8 Å². The van der Waals surface area contributed by atoms with Crippen molar-refractivity contribution in [2.24, 2.45) is 0 Å². The third-order valence-corrected chi connectivity index (χ3v) is 5.88. The monoisotopic (exact) mass is 229 g/mol. The van der Waals surface area contributed by atoms with Crippen LogP contribution in [-0.4, -0.2) is 47.2 Å².